The first kappa shape index (κ1) is 18.6. The third-order valence-corrected chi connectivity index (χ3v) is 3.27. The highest BCUT2D eigenvalue weighted by Crippen LogP contribution is 2.07. The van der Waals surface area contributed by atoms with E-state index in [2.05, 4.69) is 10.5 Å². The van der Waals surface area contributed by atoms with Crippen LogP contribution in [0.4, 0.5) is 0 Å². The fourth-order valence-electron chi connectivity index (χ4n) is 1.98. The summed E-state index contributed by atoms with van der Waals surface area (Å²) in [5.41, 5.74) is 5.21. The van der Waals surface area contributed by atoms with Crippen molar-refractivity contribution in [1.82, 2.24) is 10.9 Å². The van der Waals surface area contributed by atoms with Gasteiger partial charge in [-0.1, -0.05) is 30.3 Å². The number of rotatable bonds is 6. The molecule has 2 aromatic rings. The van der Waals surface area contributed by atoms with Gasteiger partial charge in [-0.15, -0.1) is 0 Å². The molecule has 0 aliphatic heterocycles. The second kappa shape index (κ2) is 8.90. The molecule has 0 bridgehead atoms. The maximum atomic E-state index is 12.0. The van der Waals surface area contributed by atoms with Crippen LogP contribution in [0, 0.1) is 0 Å². The Morgan fingerprint density at radius 2 is 1.69 bits per heavy atom. The van der Waals surface area contributed by atoms with E-state index in [-0.39, 0.29) is 5.56 Å². The zero-order chi connectivity index (χ0) is 18.9. The van der Waals surface area contributed by atoms with E-state index in [1.54, 1.807) is 30.3 Å². The van der Waals surface area contributed by atoms with Crippen LogP contribution in [-0.4, -0.2) is 34.3 Å². The van der Waals surface area contributed by atoms with Gasteiger partial charge < -0.3 is 5.11 Å². The molecule has 0 spiro atoms. The predicted molar refractivity (Wildman–Crippen MR) is 93.9 cm³/mol. The highest BCUT2D eigenvalue weighted by molar-refractivity contribution is 5.99. The summed E-state index contributed by atoms with van der Waals surface area (Å²) in [5, 5.41) is 21.2. The first-order chi connectivity index (χ1) is 12.5. The number of hydrogen-bond donors (Lipinski definition) is 4. The second-order valence-electron chi connectivity index (χ2n) is 5.02. The molecule has 8 heteroatoms. The molecule has 0 saturated heterocycles. The number of carbonyl (C=O) groups excluding carboxylic acids is 2. The Hall–Kier alpha value is -3.78. The van der Waals surface area contributed by atoms with Gasteiger partial charge in [0.2, 0.25) is 0 Å². The maximum absolute atomic E-state index is 12.0. The van der Waals surface area contributed by atoms with E-state index in [0.29, 0.717) is 16.7 Å². The number of carboxylic acid groups (broad SMARTS) is 1. The van der Waals surface area contributed by atoms with Crippen LogP contribution in [0.25, 0.3) is 6.08 Å². The Bertz CT molecular complexity index is 873. The minimum atomic E-state index is -1.09. The summed E-state index contributed by atoms with van der Waals surface area (Å²) in [7, 11) is 0. The number of aromatic carboxylic acids is 1. The average Bonchev–Trinajstić information content (AvgIpc) is 2.66. The zero-order valence-corrected chi connectivity index (χ0v) is 13.4. The summed E-state index contributed by atoms with van der Waals surface area (Å²) in [4.78, 5) is 34.0. The molecule has 0 atom stereocenters. The number of benzene rings is 2. The van der Waals surface area contributed by atoms with E-state index >= 15 is 0 Å². The molecule has 0 unspecified atom stereocenters. The van der Waals surface area contributed by atoms with Crippen molar-refractivity contribution in [2.45, 2.75) is 0 Å². The molecule has 26 heavy (non-hydrogen) atoms. The highest BCUT2D eigenvalue weighted by atomic mass is 16.5. The molecule has 0 saturated carbocycles. The lowest BCUT2D eigenvalue weighted by Crippen LogP contribution is -2.17. The summed E-state index contributed by atoms with van der Waals surface area (Å²) in [5.74, 6) is -2.22. The minimum absolute atomic E-state index is 0.0774. The van der Waals surface area contributed by atoms with Crippen molar-refractivity contribution in [3.8, 4) is 0 Å². The van der Waals surface area contributed by atoms with Crippen molar-refractivity contribution < 1.29 is 24.7 Å². The van der Waals surface area contributed by atoms with Gasteiger partial charge in [0.1, 0.15) is 0 Å². The Kier molecular flexibility index (Phi) is 6.35. The van der Waals surface area contributed by atoms with E-state index in [4.69, 9.17) is 10.3 Å². The van der Waals surface area contributed by atoms with Crippen molar-refractivity contribution in [1.29, 1.82) is 0 Å². The van der Waals surface area contributed by atoms with Crippen LogP contribution in [0.2, 0.25) is 0 Å². The normalized spacial score (nSPS) is 10.8. The van der Waals surface area contributed by atoms with Crippen molar-refractivity contribution in [2.75, 3.05) is 0 Å². The molecule has 0 aromatic heterocycles. The standard InChI is InChI=1S/C18H15N3O5/c22-16(21-26)10-7-12-5-8-13(9-6-12)17(23)20-19-11-14-3-1-2-4-15(14)18(24)25/h1-11,26H,(H,20,23)(H,21,22)(H,24,25)/b10-7+,19-11+. The van der Waals surface area contributed by atoms with Gasteiger partial charge in [-0.25, -0.2) is 15.7 Å². The molecule has 0 heterocycles. The van der Waals surface area contributed by atoms with E-state index in [1.165, 1.54) is 36.0 Å². The van der Waals surface area contributed by atoms with Crippen molar-refractivity contribution in [3.05, 3.63) is 76.9 Å². The average molecular weight is 353 g/mol. The first-order valence-electron chi connectivity index (χ1n) is 7.39. The molecule has 0 radical (unpaired) electrons. The Labute approximate surface area is 148 Å². The van der Waals surface area contributed by atoms with Gasteiger partial charge in [0.15, 0.2) is 0 Å². The second-order valence-corrected chi connectivity index (χ2v) is 5.02. The number of nitrogens with zero attached hydrogens (tertiary/aromatic N) is 1. The van der Waals surface area contributed by atoms with Gasteiger partial charge in [-0.3, -0.25) is 14.8 Å². The molecule has 2 amide bonds. The number of hydrazone groups is 1. The summed E-state index contributed by atoms with van der Waals surface area (Å²) in [6.07, 6.45) is 3.86. The Balaban J connectivity index is 2.01. The number of nitrogens with one attached hydrogen (secondary N) is 2. The monoisotopic (exact) mass is 353 g/mol. The molecule has 2 aromatic carbocycles. The van der Waals surface area contributed by atoms with Crippen LogP contribution in [0.5, 0.6) is 0 Å². The molecule has 0 aliphatic rings. The molecule has 0 aliphatic carbocycles. The molecule has 2 rings (SSSR count). The van der Waals surface area contributed by atoms with Crippen LogP contribution >= 0.6 is 0 Å². The molecule has 132 valence electrons. The van der Waals surface area contributed by atoms with Crippen LogP contribution in [0.3, 0.4) is 0 Å². The fraction of sp³-hybridized carbons (Fsp3) is 0. The largest absolute Gasteiger partial charge is 0.478 e. The third kappa shape index (κ3) is 5.11. The number of hydroxylamine groups is 1. The minimum Gasteiger partial charge on any atom is -0.478 e. The Morgan fingerprint density at radius 1 is 1.00 bits per heavy atom. The molecular formula is C18H15N3O5. The third-order valence-electron chi connectivity index (χ3n) is 3.27. The predicted octanol–water partition coefficient (Wildman–Crippen LogP) is 1.67. The van der Waals surface area contributed by atoms with Crippen molar-refractivity contribution in [2.24, 2.45) is 5.10 Å². The molecule has 0 fully saturated rings. The Morgan fingerprint density at radius 3 is 2.35 bits per heavy atom. The summed E-state index contributed by atoms with van der Waals surface area (Å²) >= 11 is 0. The van der Waals surface area contributed by atoms with Gasteiger partial charge in [-0.05, 0) is 29.8 Å². The molecule has 8 nitrogen and oxygen atoms in total. The van der Waals surface area contributed by atoms with E-state index < -0.39 is 17.8 Å². The van der Waals surface area contributed by atoms with Crippen molar-refractivity contribution in [3.63, 3.8) is 0 Å². The lowest BCUT2D eigenvalue weighted by Gasteiger charge is -2.02. The van der Waals surface area contributed by atoms with Gasteiger partial charge in [0, 0.05) is 17.2 Å². The molecular weight excluding hydrogens is 338 g/mol. The van der Waals surface area contributed by atoms with E-state index in [9.17, 15) is 14.4 Å². The van der Waals surface area contributed by atoms with Crippen molar-refractivity contribution >= 4 is 30.1 Å². The SMILES string of the molecule is O=C(/C=C/c1ccc(C(=O)N/N=C/c2ccccc2C(=O)O)cc1)NO. The molecule has 4 N–H and O–H groups in total. The summed E-state index contributed by atoms with van der Waals surface area (Å²) in [6.45, 7) is 0. The zero-order valence-electron chi connectivity index (χ0n) is 13.4. The van der Waals surface area contributed by atoms with Gasteiger partial charge >= 0.3 is 5.97 Å². The van der Waals surface area contributed by atoms with Crippen LogP contribution in [-0.2, 0) is 4.79 Å². The quantitative estimate of drug-likeness (QED) is 0.272. The summed E-state index contributed by atoms with van der Waals surface area (Å²) in [6, 6.07) is 12.6. The smallest absolute Gasteiger partial charge is 0.336 e. The number of carbonyl (C=O) groups is 3. The van der Waals surface area contributed by atoms with E-state index in [0.717, 1.165) is 6.08 Å². The van der Waals surface area contributed by atoms with Crippen LogP contribution < -0.4 is 10.9 Å². The number of hydrogen-bond acceptors (Lipinski definition) is 5. The summed E-state index contributed by atoms with van der Waals surface area (Å²) < 4.78 is 0. The number of amides is 2. The van der Waals surface area contributed by atoms with Crippen LogP contribution in [0.15, 0.2) is 59.7 Å². The lowest BCUT2D eigenvalue weighted by atomic mass is 10.1. The fourth-order valence-corrected chi connectivity index (χ4v) is 1.98. The topological polar surface area (TPSA) is 128 Å². The maximum Gasteiger partial charge on any atom is 0.336 e. The van der Waals surface area contributed by atoms with E-state index in [1.807, 2.05) is 0 Å². The van der Waals surface area contributed by atoms with Gasteiger partial charge in [0.05, 0.1) is 11.8 Å². The van der Waals surface area contributed by atoms with Gasteiger partial charge in [0.25, 0.3) is 11.8 Å². The number of carboxylic acids is 1. The highest BCUT2D eigenvalue weighted by Gasteiger charge is 2.07. The van der Waals surface area contributed by atoms with Crippen LogP contribution in [0.1, 0.15) is 31.8 Å². The van der Waals surface area contributed by atoms with Gasteiger partial charge in [-0.2, -0.15) is 5.10 Å². The first-order valence-corrected chi connectivity index (χ1v) is 7.39. The lowest BCUT2D eigenvalue weighted by molar-refractivity contribution is -0.124.